The Kier molecular flexibility index (Phi) is 6.17. The Hall–Kier alpha value is -1.42. The van der Waals surface area contributed by atoms with Gasteiger partial charge in [0.05, 0.1) is 13.2 Å². The van der Waals surface area contributed by atoms with Crippen molar-refractivity contribution < 1.29 is 18.4 Å². The lowest BCUT2D eigenvalue weighted by Crippen LogP contribution is -2.12. The Morgan fingerprint density at radius 3 is 2.52 bits per heavy atom. The Morgan fingerprint density at radius 1 is 1.22 bits per heavy atom. The fourth-order valence-corrected chi connectivity index (χ4v) is 4.36. The summed E-state index contributed by atoms with van der Waals surface area (Å²) in [6, 6.07) is 7.99. The van der Waals surface area contributed by atoms with Crippen molar-refractivity contribution in [3.8, 4) is 0 Å². The number of carbonyl (C=O) groups excluding carboxylic acids is 1. The van der Waals surface area contributed by atoms with Crippen molar-refractivity contribution in [3.63, 3.8) is 0 Å². The van der Waals surface area contributed by atoms with Gasteiger partial charge in [-0.2, -0.15) is 0 Å². The number of fused-ring (bicyclic) bond motifs is 1. The van der Waals surface area contributed by atoms with E-state index in [4.69, 9.17) is 9.05 Å². The number of aromatic nitrogens is 1. The third kappa shape index (κ3) is 4.54. The number of Topliss-reactive ketones (excluding diaryl/α,β-unsaturated/α-hetero) is 1. The van der Waals surface area contributed by atoms with E-state index in [1.54, 1.807) is 13.8 Å². The molecule has 1 aromatic carbocycles. The van der Waals surface area contributed by atoms with E-state index in [0.29, 0.717) is 6.42 Å². The van der Waals surface area contributed by atoms with E-state index >= 15 is 0 Å². The Balaban J connectivity index is 2.06. The largest absolute Gasteiger partial charge is 0.361 e. The van der Waals surface area contributed by atoms with Gasteiger partial charge in [-0.1, -0.05) is 25.1 Å². The highest BCUT2D eigenvalue weighted by Crippen LogP contribution is 2.48. The summed E-state index contributed by atoms with van der Waals surface area (Å²) in [7, 11) is -3.31. The van der Waals surface area contributed by atoms with E-state index in [1.165, 1.54) is 0 Å². The highest BCUT2D eigenvalue weighted by Gasteiger charge is 2.28. The molecule has 0 aliphatic heterocycles. The number of hydrogen-bond acceptors (Lipinski definition) is 4. The van der Waals surface area contributed by atoms with Crippen molar-refractivity contribution in [2.24, 2.45) is 0 Å². The topological polar surface area (TPSA) is 68.4 Å². The lowest BCUT2D eigenvalue weighted by atomic mass is 9.96. The predicted molar refractivity (Wildman–Crippen MR) is 92.1 cm³/mol. The van der Waals surface area contributed by atoms with Crippen LogP contribution in [0, 0.1) is 0 Å². The molecule has 0 saturated heterocycles. The number of ketones is 1. The van der Waals surface area contributed by atoms with Gasteiger partial charge in [0.2, 0.25) is 0 Å². The first-order valence-electron chi connectivity index (χ1n) is 7.95. The number of hydrogen-bond donors (Lipinski definition) is 1. The Morgan fingerprint density at radius 2 is 1.87 bits per heavy atom. The number of nitrogens with one attached hydrogen (secondary N) is 1. The van der Waals surface area contributed by atoms with Crippen LogP contribution in [0.1, 0.15) is 38.7 Å². The van der Waals surface area contributed by atoms with Crippen LogP contribution in [0.15, 0.2) is 30.5 Å². The van der Waals surface area contributed by atoms with Crippen LogP contribution >= 0.6 is 7.60 Å². The molecule has 0 saturated carbocycles. The lowest BCUT2D eigenvalue weighted by Gasteiger charge is -2.17. The van der Waals surface area contributed by atoms with Gasteiger partial charge in [0.25, 0.3) is 0 Å². The van der Waals surface area contributed by atoms with Crippen molar-refractivity contribution in [1.29, 1.82) is 0 Å². The van der Waals surface area contributed by atoms with E-state index in [2.05, 4.69) is 4.98 Å². The van der Waals surface area contributed by atoms with Crippen LogP contribution in [0.25, 0.3) is 10.9 Å². The van der Waals surface area contributed by atoms with Crippen molar-refractivity contribution in [3.05, 3.63) is 36.0 Å². The minimum absolute atomic E-state index is 0.0374. The molecule has 1 N–H and O–H groups in total. The molecule has 1 heterocycles. The number of H-pyrrole nitrogens is 1. The first-order valence-corrected chi connectivity index (χ1v) is 9.67. The van der Waals surface area contributed by atoms with E-state index in [1.807, 2.05) is 37.4 Å². The molecule has 126 valence electrons. The maximum absolute atomic E-state index is 12.4. The van der Waals surface area contributed by atoms with Gasteiger partial charge in [-0.3, -0.25) is 9.36 Å². The molecule has 0 aliphatic rings. The molecular formula is C17H24NO4P. The van der Waals surface area contributed by atoms with Crippen LogP contribution in [-0.4, -0.2) is 30.1 Å². The van der Waals surface area contributed by atoms with E-state index < -0.39 is 7.60 Å². The first kappa shape index (κ1) is 17.9. The van der Waals surface area contributed by atoms with Crippen LogP contribution in [0.3, 0.4) is 0 Å². The average molecular weight is 337 g/mol. The van der Waals surface area contributed by atoms with Gasteiger partial charge in [-0.15, -0.1) is 0 Å². The second-order valence-electron chi connectivity index (χ2n) is 5.54. The van der Waals surface area contributed by atoms with Crippen LogP contribution in [0.5, 0.6) is 0 Å². The zero-order chi connectivity index (χ0) is 16.9. The van der Waals surface area contributed by atoms with Crippen LogP contribution in [0.4, 0.5) is 0 Å². The Labute approximate surface area is 136 Å². The van der Waals surface area contributed by atoms with Crippen molar-refractivity contribution in [1.82, 2.24) is 4.98 Å². The predicted octanol–water partition coefficient (Wildman–Crippen LogP) is 4.50. The fraction of sp³-hybridized carbons (Fsp3) is 0.471. The van der Waals surface area contributed by atoms with Gasteiger partial charge in [-0.25, -0.2) is 0 Å². The molecule has 0 fully saturated rings. The SMILES string of the molecule is CCOP(=O)(CC(=O)C[C@H](C)c1c[nH]c2ccccc12)OCC. The maximum Gasteiger partial charge on any atom is 0.338 e. The highest BCUT2D eigenvalue weighted by atomic mass is 31.2. The standard InChI is InChI=1S/C17H24NO4P/c1-4-21-23(20,22-5-2)12-14(19)10-13(3)16-11-18-17-9-7-6-8-15(16)17/h6-9,11,13,18H,4-5,10,12H2,1-3H3/t13-/m0/s1. The zero-order valence-electron chi connectivity index (χ0n) is 13.9. The first-order chi connectivity index (χ1) is 11.0. The Bertz CT molecular complexity index is 699. The molecule has 0 amide bonds. The fourth-order valence-electron chi connectivity index (χ4n) is 2.76. The van der Waals surface area contributed by atoms with E-state index in [9.17, 15) is 9.36 Å². The van der Waals surface area contributed by atoms with E-state index in [0.717, 1.165) is 16.5 Å². The maximum atomic E-state index is 12.4. The number of benzene rings is 1. The highest BCUT2D eigenvalue weighted by molar-refractivity contribution is 7.54. The summed E-state index contributed by atoms with van der Waals surface area (Å²) in [5, 5.41) is 1.12. The van der Waals surface area contributed by atoms with Gasteiger partial charge in [0.1, 0.15) is 11.9 Å². The van der Waals surface area contributed by atoms with Crippen molar-refractivity contribution in [2.45, 2.75) is 33.1 Å². The minimum atomic E-state index is -3.31. The van der Waals surface area contributed by atoms with Crippen LogP contribution < -0.4 is 0 Å². The summed E-state index contributed by atoms with van der Waals surface area (Å²) in [5.41, 5.74) is 2.15. The molecule has 2 rings (SSSR count). The molecule has 23 heavy (non-hydrogen) atoms. The van der Waals surface area contributed by atoms with Gasteiger partial charge < -0.3 is 14.0 Å². The molecule has 0 bridgehead atoms. The van der Waals surface area contributed by atoms with Crippen LogP contribution in [-0.2, 0) is 18.4 Å². The van der Waals surface area contributed by atoms with E-state index in [-0.39, 0.29) is 31.1 Å². The summed E-state index contributed by atoms with van der Waals surface area (Å²) < 4.78 is 22.8. The van der Waals surface area contributed by atoms with Crippen molar-refractivity contribution in [2.75, 3.05) is 19.4 Å². The average Bonchev–Trinajstić information content (AvgIpc) is 2.91. The second kappa shape index (κ2) is 7.91. The van der Waals surface area contributed by atoms with Gasteiger partial charge in [0, 0.05) is 23.5 Å². The third-order valence-electron chi connectivity index (χ3n) is 3.71. The summed E-state index contributed by atoms with van der Waals surface area (Å²) in [6.45, 7) is 6.01. The lowest BCUT2D eigenvalue weighted by molar-refractivity contribution is -0.117. The molecular weight excluding hydrogens is 313 g/mol. The molecule has 1 aromatic heterocycles. The molecule has 6 heteroatoms. The van der Waals surface area contributed by atoms with Crippen molar-refractivity contribution >= 4 is 24.3 Å². The molecule has 0 aliphatic carbocycles. The van der Waals surface area contributed by atoms with Gasteiger partial charge in [-0.05, 0) is 31.4 Å². The second-order valence-corrected chi connectivity index (χ2v) is 7.59. The number of para-hydroxylation sites is 1. The minimum Gasteiger partial charge on any atom is -0.361 e. The zero-order valence-corrected chi connectivity index (χ0v) is 14.8. The quantitative estimate of drug-likeness (QED) is 0.684. The monoisotopic (exact) mass is 337 g/mol. The molecule has 0 radical (unpaired) electrons. The summed E-state index contributed by atoms with van der Waals surface area (Å²) in [4.78, 5) is 15.5. The molecule has 0 unspecified atom stereocenters. The van der Waals surface area contributed by atoms with Gasteiger partial charge >= 0.3 is 7.60 Å². The summed E-state index contributed by atoms with van der Waals surface area (Å²) in [5.74, 6) is -0.0663. The number of rotatable bonds is 9. The third-order valence-corrected chi connectivity index (χ3v) is 5.75. The normalized spacial score (nSPS) is 13.3. The molecule has 0 spiro atoms. The summed E-state index contributed by atoms with van der Waals surface area (Å²) in [6.07, 6.45) is 2.08. The van der Waals surface area contributed by atoms with Gasteiger partial charge in [0.15, 0.2) is 0 Å². The number of carbonyl (C=O) groups is 1. The molecule has 1 atom stereocenters. The summed E-state index contributed by atoms with van der Waals surface area (Å²) >= 11 is 0. The van der Waals surface area contributed by atoms with Crippen LogP contribution in [0.2, 0.25) is 0 Å². The molecule has 5 nitrogen and oxygen atoms in total. The molecule has 2 aromatic rings. The smallest absolute Gasteiger partial charge is 0.338 e. The number of aromatic amines is 1.